The molecule has 10 heteroatoms. The van der Waals surface area contributed by atoms with Crippen molar-refractivity contribution in [2.75, 3.05) is 13.4 Å². The Morgan fingerprint density at radius 2 is 1.72 bits per heavy atom. The molecule has 36 heavy (non-hydrogen) atoms. The number of rotatable bonds is 9. The summed E-state index contributed by atoms with van der Waals surface area (Å²) in [4.78, 5) is 36.5. The molecule has 10 nitrogen and oxygen atoms in total. The fraction of sp³-hybridized carbons (Fsp3) is 0.0769. The van der Waals surface area contributed by atoms with Gasteiger partial charge in [-0.25, -0.2) is 10.2 Å². The quantitative estimate of drug-likeness (QED) is 0.240. The van der Waals surface area contributed by atoms with Crippen LogP contribution in [0.25, 0.3) is 6.08 Å². The highest BCUT2D eigenvalue weighted by atomic mass is 16.7. The first-order valence-electron chi connectivity index (χ1n) is 10.7. The second-order valence-corrected chi connectivity index (χ2v) is 7.41. The maximum absolute atomic E-state index is 13.0. The first-order chi connectivity index (χ1) is 17.5. The zero-order valence-corrected chi connectivity index (χ0v) is 18.8. The van der Waals surface area contributed by atoms with Gasteiger partial charge >= 0.3 is 5.97 Å². The second-order valence-electron chi connectivity index (χ2n) is 7.41. The minimum absolute atomic E-state index is 0.0599. The van der Waals surface area contributed by atoms with Crippen LogP contribution in [-0.4, -0.2) is 42.5 Å². The predicted molar refractivity (Wildman–Crippen MR) is 130 cm³/mol. The van der Waals surface area contributed by atoms with Crippen LogP contribution >= 0.6 is 0 Å². The molecule has 2 amide bonds. The topological polar surface area (TPSA) is 136 Å². The van der Waals surface area contributed by atoms with Crippen LogP contribution in [0.4, 0.5) is 0 Å². The molecule has 0 fully saturated rings. The average Bonchev–Trinajstić information content (AvgIpc) is 3.36. The van der Waals surface area contributed by atoms with Gasteiger partial charge in [-0.05, 0) is 48.0 Å². The molecule has 3 N–H and O–H groups in total. The van der Waals surface area contributed by atoms with Gasteiger partial charge in [0.1, 0.15) is 11.4 Å². The molecule has 0 aromatic heterocycles. The van der Waals surface area contributed by atoms with Crippen molar-refractivity contribution >= 4 is 30.1 Å². The van der Waals surface area contributed by atoms with Crippen molar-refractivity contribution in [3.8, 4) is 17.2 Å². The zero-order valence-electron chi connectivity index (χ0n) is 18.8. The number of benzene rings is 3. The third-order valence-electron chi connectivity index (χ3n) is 4.88. The summed E-state index contributed by atoms with van der Waals surface area (Å²) in [5.41, 5.74) is 3.73. The Labute approximate surface area is 205 Å². The number of carboxylic acids is 1. The van der Waals surface area contributed by atoms with Gasteiger partial charge in [0.05, 0.1) is 6.21 Å². The van der Waals surface area contributed by atoms with Crippen LogP contribution in [-0.2, 0) is 9.59 Å². The van der Waals surface area contributed by atoms with E-state index in [1.54, 1.807) is 72.8 Å². The number of hydrazone groups is 1. The minimum Gasteiger partial charge on any atom is -0.481 e. The van der Waals surface area contributed by atoms with E-state index in [1.165, 1.54) is 12.3 Å². The van der Waals surface area contributed by atoms with Gasteiger partial charge < -0.3 is 24.6 Å². The van der Waals surface area contributed by atoms with Crippen LogP contribution in [0.5, 0.6) is 17.2 Å². The maximum Gasteiger partial charge on any atom is 0.341 e. The molecule has 0 spiro atoms. The van der Waals surface area contributed by atoms with Gasteiger partial charge in [0.15, 0.2) is 18.1 Å². The number of carbonyl (C=O) groups excluding carboxylic acids is 2. The SMILES string of the molecule is O=C(O)COc1ccccc1/C=N/NC(=O)/C(=C\c1ccc2c(c1)OCO2)NC(=O)c1ccccc1. The third-order valence-corrected chi connectivity index (χ3v) is 4.88. The lowest BCUT2D eigenvalue weighted by molar-refractivity contribution is -0.139. The Morgan fingerprint density at radius 1 is 0.972 bits per heavy atom. The number of carbonyl (C=O) groups is 3. The number of ether oxygens (including phenoxy) is 3. The summed E-state index contributed by atoms with van der Waals surface area (Å²) >= 11 is 0. The van der Waals surface area contributed by atoms with Crippen LogP contribution in [0.2, 0.25) is 0 Å². The molecule has 182 valence electrons. The molecule has 0 bridgehead atoms. The normalized spacial score (nSPS) is 12.3. The Bertz CT molecular complexity index is 1340. The van der Waals surface area contributed by atoms with Crippen molar-refractivity contribution in [1.82, 2.24) is 10.7 Å². The van der Waals surface area contributed by atoms with E-state index in [0.717, 1.165) is 0 Å². The molecular weight excluding hydrogens is 466 g/mol. The molecule has 0 atom stereocenters. The maximum atomic E-state index is 13.0. The first kappa shape index (κ1) is 24.0. The van der Waals surface area contributed by atoms with Crippen molar-refractivity contribution in [1.29, 1.82) is 0 Å². The Hall–Kier alpha value is -5.12. The lowest BCUT2D eigenvalue weighted by atomic mass is 10.1. The van der Waals surface area contributed by atoms with Crippen LogP contribution in [0.15, 0.2) is 83.6 Å². The number of aliphatic carboxylic acids is 1. The lowest BCUT2D eigenvalue weighted by Crippen LogP contribution is -2.32. The molecule has 3 aromatic rings. The fourth-order valence-electron chi connectivity index (χ4n) is 3.19. The summed E-state index contributed by atoms with van der Waals surface area (Å²) in [7, 11) is 0. The van der Waals surface area contributed by atoms with Gasteiger partial charge in [0, 0.05) is 11.1 Å². The summed E-state index contributed by atoms with van der Waals surface area (Å²) in [6, 6.07) is 20.2. The lowest BCUT2D eigenvalue weighted by Gasteiger charge is -2.10. The smallest absolute Gasteiger partial charge is 0.341 e. The number of para-hydroxylation sites is 1. The van der Waals surface area contributed by atoms with Crippen molar-refractivity contribution in [2.45, 2.75) is 0 Å². The van der Waals surface area contributed by atoms with Gasteiger partial charge in [-0.2, -0.15) is 5.10 Å². The molecule has 1 aliphatic rings. The summed E-state index contributed by atoms with van der Waals surface area (Å²) in [5.74, 6) is -0.895. The number of hydrogen-bond donors (Lipinski definition) is 3. The van der Waals surface area contributed by atoms with Crippen molar-refractivity contribution in [3.63, 3.8) is 0 Å². The van der Waals surface area contributed by atoms with Gasteiger partial charge in [-0.1, -0.05) is 36.4 Å². The Balaban J connectivity index is 1.54. The molecule has 0 saturated heterocycles. The average molecular weight is 487 g/mol. The van der Waals surface area contributed by atoms with E-state index in [9.17, 15) is 14.4 Å². The molecular formula is C26H21N3O7. The van der Waals surface area contributed by atoms with Crippen molar-refractivity contribution in [2.24, 2.45) is 5.10 Å². The summed E-state index contributed by atoms with van der Waals surface area (Å²) in [5, 5.41) is 15.4. The highest BCUT2D eigenvalue weighted by Gasteiger charge is 2.17. The van der Waals surface area contributed by atoms with E-state index in [-0.39, 0.29) is 18.2 Å². The minimum atomic E-state index is -1.12. The van der Waals surface area contributed by atoms with Crippen LogP contribution < -0.4 is 25.0 Å². The Kier molecular flexibility index (Phi) is 7.57. The molecule has 1 aliphatic heterocycles. The van der Waals surface area contributed by atoms with Crippen LogP contribution in [0, 0.1) is 0 Å². The molecule has 3 aromatic carbocycles. The van der Waals surface area contributed by atoms with Crippen LogP contribution in [0.3, 0.4) is 0 Å². The molecule has 4 rings (SSSR count). The molecule has 0 unspecified atom stereocenters. The molecule has 0 aliphatic carbocycles. The molecule has 0 radical (unpaired) electrons. The van der Waals surface area contributed by atoms with E-state index in [0.29, 0.717) is 28.2 Å². The van der Waals surface area contributed by atoms with Crippen molar-refractivity contribution in [3.05, 3.63) is 95.2 Å². The summed E-state index contributed by atoms with van der Waals surface area (Å²) in [6.07, 6.45) is 2.80. The monoisotopic (exact) mass is 487 g/mol. The largest absolute Gasteiger partial charge is 0.481 e. The predicted octanol–water partition coefficient (Wildman–Crippen LogP) is 2.80. The highest BCUT2D eigenvalue weighted by molar-refractivity contribution is 6.05. The van der Waals surface area contributed by atoms with Crippen LogP contribution in [0.1, 0.15) is 21.5 Å². The Morgan fingerprint density at radius 3 is 2.53 bits per heavy atom. The van der Waals surface area contributed by atoms with E-state index >= 15 is 0 Å². The standard InChI is InChI=1S/C26H21N3O7/c30-24(31)15-34-21-9-5-4-8-19(21)14-27-29-26(33)20(28-25(32)18-6-2-1-3-7-18)12-17-10-11-22-23(13-17)36-16-35-22/h1-14H,15-16H2,(H,28,32)(H,29,33)(H,30,31)/b20-12+,27-14+. The van der Waals surface area contributed by atoms with Gasteiger partial charge in [-0.15, -0.1) is 0 Å². The molecule has 0 saturated carbocycles. The summed E-state index contributed by atoms with van der Waals surface area (Å²) in [6.45, 7) is -0.419. The van der Waals surface area contributed by atoms with E-state index in [1.807, 2.05) is 0 Å². The van der Waals surface area contributed by atoms with Gasteiger partial charge in [0.25, 0.3) is 11.8 Å². The number of hydrogen-bond acceptors (Lipinski definition) is 7. The van der Waals surface area contributed by atoms with E-state index in [4.69, 9.17) is 19.3 Å². The second kappa shape index (κ2) is 11.3. The zero-order chi connectivity index (χ0) is 25.3. The fourth-order valence-corrected chi connectivity index (χ4v) is 3.19. The van der Waals surface area contributed by atoms with Gasteiger partial charge in [0.2, 0.25) is 6.79 Å². The summed E-state index contributed by atoms with van der Waals surface area (Å²) < 4.78 is 15.9. The van der Waals surface area contributed by atoms with E-state index in [2.05, 4.69) is 15.8 Å². The molecule has 1 heterocycles. The number of nitrogens with zero attached hydrogens (tertiary/aromatic N) is 1. The van der Waals surface area contributed by atoms with Gasteiger partial charge in [-0.3, -0.25) is 9.59 Å². The third kappa shape index (κ3) is 6.26. The van der Waals surface area contributed by atoms with E-state index < -0.39 is 24.4 Å². The number of nitrogens with one attached hydrogen (secondary N) is 2. The van der Waals surface area contributed by atoms with Crippen molar-refractivity contribution < 1.29 is 33.7 Å². The number of fused-ring (bicyclic) bond motifs is 1. The highest BCUT2D eigenvalue weighted by Crippen LogP contribution is 2.33. The first-order valence-corrected chi connectivity index (χ1v) is 10.7. The number of carboxylic acid groups (broad SMARTS) is 1. The number of amides is 2.